The molecule has 1 heterocycles. The molecule has 0 aromatic heterocycles. The number of carbonyl (C=O) groups is 3. The molecule has 2 amide bonds. The van der Waals surface area contributed by atoms with Gasteiger partial charge in [0.25, 0.3) is 11.8 Å². The number of nitrogens with two attached hydrogens (primary N) is 2. The number of halogens is 1. The van der Waals surface area contributed by atoms with Gasteiger partial charge >= 0.3 is 0 Å². The first-order valence-corrected chi connectivity index (χ1v) is 5.22. The highest BCUT2D eigenvalue weighted by molar-refractivity contribution is 6.00. The zero-order chi connectivity index (χ0) is 13.5. The molecule has 19 heavy (non-hydrogen) atoms. The summed E-state index contributed by atoms with van der Waals surface area (Å²) in [5.41, 5.74) is 1.23. The molecular formula is C11H14ClN3O4. The molecule has 0 bridgehead atoms. The van der Waals surface area contributed by atoms with Crippen molar-refractivity contribution in [2.24, 2.45) is 5.84 Å². The Labute approximate surface area is 115 Å². The van der Waals surface area contributed by atoms with Crippen molar-refractivity contribution >= 4 is 30.2 Å². The number of carboxylic acid groups (broad SMARTS) is 1. The summed E-state index contributed by atoms with van der Waals surface area (Å²) in [6.07, 6.45) is 0.596. The van der Waals surface area contributed by atoms with Crippen LogP contribution in [0.5, 0.6) is 0 Å². The van der Waals surface area contributed by atoms with E-state index in [1.165, 1.54) is 12.1 Å². The van der Waals surface area contributed by atoms with Crippen molar-refractivity contribution < 1.29 is 25.0 Å². The van der Waals surface area contributed by atoms with E-state index in [0.717, 1.165) is 10.5 Å². The number of amides is 2. The molecule has 0 saturated carbocycles. The van der Waals surface area contributed by atoms with E-state index in [-0.39, 0.29) is 29.8 Å². The molecule has 1 aliphatic heterocycles. The van der Waals surface area contributed by atoms with E-state index in [4.69, 9.17) is 5.84 Å². The fraction of sp³-hybridized carbons (Fsp3) is 0.182. The Morgan fingerprint density at radius 1 is 1.16 bits per heavy atom. The number of rotatable bonds is 2. The summed E-state index contributed by atoms with van der Waals surface area (Å²) in [6, 6.07) is 8.06. The van der Waals surface area contributed by atoms with E-state index in [9.17, 15) is 19.5 Å². The van der Waals surface area contributed by atoms with E-state index in [0.29, 0.717) is 12.8 Å². The van der Waals surface area contributed by atoms with Gasteiger partial charge in [-0.25, -0.2) is 0 Å². The third kappa shape index (κ3) is 5.04. The first kappa shape index (κ1) is 17.0. The molecule has 0 atom stereocenters. The second kappa shape index (κ2) is 8.20. The third-order valence-electron chi connectivity index (χ3n) is 2.25. The second-order valence-electron chi connectivity index (χ2n) is 3.46. The molecule has 0 spiro atoms. The largest absolute Gasteiger partial charge is 0.545 e. The summed E-state index contributed by atoms with van der Waals surface area (Å²) in [5.74, 6) is 3.43. The Morgan fingerprint density at radius 3 is 1.89 bits per heavy atom. The van der Waals surface area contributed by atoms with Gasteiger partial charge in [-0.1, -0.05) is 30.3 Å². The average Bonchev–Trinajstić information content (AvgIpc) is 2.70. The number of carbonyl (C=O) groups excluding carboxylic acids is 3. The number of aromatic carboxylic acids is 1. The molecule has 0 aliphatic carbocycles. The summed E-state index contributed by atoms with van der Waals surface area (Å²) in [5, 5.41) is 11.0. The minimum Gasteiger partial charge on any atom is -0.545 e. The van der Waals surface area contributed by atoms with Gasteiger partial charge < -0.3 is 9.90 Å². The summed E-state index contributed by atoms with van der Waals surface area (Å²) >= 11 is 0. The molecule has 2 rings (SSSR count). The smallest absolute Gasteiger partial charge is 0.278 e. The van der Waals surface area contributed by atoms with Gasteiger partial charge in [0.2, 0.25) is 0 Å². The first-order valence-electron chi connectivity index (χ1n) is 5.22. The van der Waals surface area contributed by atoms with Gasteiger partial charge in [-0.15, -0.1) is 17.4 Å². The second-order valence-corrected chi connectivity index (χ2v) is 3.46. The number of imide groups is 1. The van der Waals surface area contributed by atoms with Crippen LogP contribution in [0.4, 0.5) is 0 Å². The predicted molar refractivity (Wildman–Crippen MR) is 65.2 cm³/mol. The molecule has 0 unspecified atom stereocenters. The van der Waals surface area contributed by atoms with Crippen LogP contribution < -0.4 is 16.5 Å². The normalized spacial score (nSPS) is 13.4. The van der Waals surface area contributed by atoms with Crippen LogP contribution in [0.1, 0.15) is 23.2 Å². The minimum atomic E-state index is -1.13. The maximum Gasteiger partial charge on any atom is 0.278 e. The molecule has 1 aromatic carbocycles. The van der Waals surface area contributed by atoms with Crippen molar-refractivity contribution in [2.45, 2.75) is 12.8 Å². The van der Waals surface area contributed by atoms with Gasteiger partial charge in [0.1, 0.15) is 0 Å². The highest BCUT2D eigenvalue weighted by Crippen LogP contribution is 2.04. The van der Waals surface area contributed by atoms with Crippen molar-refractivity contribution in [2.75, 3.05) is 0 Å². The molecule has 1 saturated heterocycles. The van der Waals surface area contributed by atoms with Crippen molar-refractivity contribution in [1.82, 2.24) is 5.01 Å². The quantitative estimate of drug-likeness (QED) is 0.281. The topological polar surface area (TPSA) is 120 Å². The Kier molecular flexibility index (Phi) is 7.35. The van der Waals surface area contributed by atoms with Crippen LogP contribution in [-0.4, -0.2) is 22.8 Å². The molecule has 1 aromatic rings. The van der Waals surface area contributed by atoms with E-state index in [1.807, 2.05) is 0 Å². The fourth-order valence-electron chi connectivity index (χ4n) is 1.33. The average molecular weight is 288 g/mol. The number of quaternary nitrogens is 1. The van der Waals surface area contributed by atoms with E-state index >= 15 is 0 Å². The Bertz CT molecular complexity index is 437. The van der Waals surface area contributed by atoms with Crippen LogP contribution in [0.3, 0.4) is 0 Å². The van der Waals surface area contributed by atoms with Gasteiger partial charge in [0, 0.05) is 12.8 Å². The van der Waals surface area contributed by atoms with Gasteiger partial charge in [0.15, 0.2) is 0 Å². The van der Waals surface area contributed by atoms with Gasteiger partial charge in [-0.3, -0.25) is 9.59 Å². The van der Waals surface area contributed by atoms with Crippen LogP contribution in [0.2, 0.25) is 0 Å². The summed E-state index contributed by atoms with van der Waals surface area (Å²) in [6.45, 7) is 0. The summed E-state index contributed by atoms with van der Waals surface area (Å²) in [7, 11) is 0. The molecule has 0 radical (unpaired) electrons. The van der Waals surface area contributed by atoms with Crippen LogP contribution in [-0.2, 0) is 9.59 Å². The van der Waals surface area contributed by atoms with Crippen LogP contribution in [0, 0.1) is 0 Å². The van der Waals surface area contributed by atoms with Crippen molar-refractivity contribution in [3.8, 4) is 0 Å². The molecule has 7 nitrogen and oxygen atoms in total. The highest BCUT2D eigenvalue weighted by atomic mass is 35.5. The Balaban J connectivity index is 0.000000324. The lowest BCUT2D eigenvalue weighted by Crippen LogP contribution is -3.00. The standard InChI is InChI=1S/C7H6O2.C4H7N3O2.ClH/c8-7(9)6-4-2-1-3-5-6;5-6-7-3(8)1-2-4(7)9;/h1-5H,(H,8,9);6H,1-2,5H2;1H. The lowest BCUT2D eigenvalue weighted by atomic mass is 10.2. The fourth-order valence-corrected chi connectivity index (χ4v) is 1.33. The van der Waals surface area contributed by atoms with E-state index in [2.05, 4.69) is 0 Å². The van der Waals surface area contributed by atoms with Crippen LogP contribution >= 0.6 is 12.4 Å². The minimum absolute atomic E-state index is 0. The van der Waals surface area contributed by atoms with Crippen LogP contribution in [0.15, 0.2) is 30.3 Å². The highest BCUT2D eigenvalue weighted by Gasteiger charge is 2.31. The SMILES string of the molecule is Cl.N[NH2+]N1C(=O)CCC1=O.O=C([O-])c1ccccc1. The molecule has 4 N–H and O–H groups in total. The third-order valence-corrected chi connectivity index (χ3v) is 2.25. The zero-order valence-electron chi connectivity index (χ0n) is 9.94. The Morgan fingerprint density at radius 2 is 1.63 bits per heavy atom. The number of hydrogen-bond donors (Lipinski definition) is 2. The predicted octanol–water partition coefficient (Wildman–Crippen LogP) is -2.04. The monoisotopic (exact) mass is 287 g/mol. The lowest BCUT2D eigenvalue weighted by molar-refractivity contribution is -0.780. The molecular weight excluding hydrogens is 274 g/mol. The van der Waals surface area contributed by atoms with Gasteiger partial charge in [0.05, 0.1) is 5.97 Å². The van der Waals surface area contributed by atoms with Gasteiger partial charge in [-0.05, 0) is 5.56 Å². The Hall–Kier alpha value is -1.96. The van der Waals surface area contributed by atoms with Gasteiger partial charge in [-0.2, -0.15) is 11.4 Å². The number of hydrogen-bond acceptors (Lipinski definition) is 5. The first-order chi connectivity index (χ1) is 8.56. The van der Waals surface area contributed by atoms with E-state index < -0.39 is 5.97 Å². The molecule has 1 fully saturated rings. The zero-order valence-corrected chi connectivity index (χ0v) is 10.8. The summed E-state index contributed by atoms with van der Waals surface area (Å²) < 4.78 is 0. The van der Waals surface area contributed by atoms with Crippen LogP contribution in [0.25, 0.3) is 0 Å². The maximum atomic E-state index is 10.6. The summed E-state index contributed by atoms with van der Waals surface area (Å²) in [4.78, 5) is 31.3. The number of benzene rings is 1. The maximum absolute atomic E-state index is 10.6. The van der Waals surface area contributed by atoms with Crippen molar-refractivity contribution in [3.05, 3.63) is 35.9 Å². The number of nitrogens with zero attached hydrogens (tertiary/aromatic N) is 1. The van der Waals surface area contributed by atoms with Crippen molar-refractivity contribution in [1.29, 1.82) is 0 Å². The molecule has 1 aliphatic rings. The van der Waals surface area contributed by atoms with Crippen molar-refractivity contribution in [3.63, 3.8) is 0 Å². The molecule has 104 valence electrons. The lowest BCUT2D eigenvalue weighted by Gasteiger charge is -2.03. The molecule has 8 heteroatoms. The number of carboxylic acids is 1. The van der Waals surface area contributed by atoms with E-state index in [1.54, 1.807) is 18.2 Å².